The number of rotatable bonds is 6. The molecule has 1 aliphatic heterocycles. The van der Waals surface area contributed by atoms with Gasteiger partial charge in [-0.25, -0.2) is 13.1 Å². The molecule has 100 valence electrons. The van der Waals surface area contributed by atoms with Crippen molar-refractivity contribution in [3.05, 3.63) is 18.2 Å². The Morgan fingerprint density at radius 1 is 1.33 bits per heavy atom. The van der Waals surface area contributed by atoms with Crippen LogP contribution >= 0.6 is 0 Å². The molecule has 1 heterocycles. The average Bonchev–Trinajstić information content (AvgIpc) is 2.82. The van der Waals surface area contributed by atoms with Gasteiger partial charge in [-0.2, -0.15) is 0 Å². The zero-order valence-electron chi connectivity index (χ0n) is 10.0. The summed E-state index contributed by atoms with van der Waals surface area (Å²) in [5, 5.41) is 0. The molecule has 0 aliphatic carbocycles. The molecule has 6 nitrogen and oxygen atoms in total. The molecule has 0 radical (unpaired) electrons. The van der Waals surface area contributed by atoms with Crippen molar-refractivity contribution in [2.24, 2.45) is 0 Å². The van der Waals surface area contributed by atoms with Crippen LogP contribution in [-0.4, -0.2) is 34.6 Å². The molecule has 0 bridgehead atoms. The highest BCUT2D eigenvalue weighted by molar-refractivity contribution is 7.89. The summed E-state index contributed by atoms with van der Waals surface area (Å²) >= 11 is 0. The lowest BCUT2D eigenvalue weighted by atomic mass is 10.3. The van der Waals surface area contributed by atoms with Gasteiger partial charge in [-0.3, -0.25) is 0 Å². The molecule has 0 spiro atoms. The van der Waals surface area contributed by atoms with Gasteiger partial charge in [0, 0.05) is 6.07 Å². The van der Waals surface area contributed by atoms with E-state index >= 15 is 0 Å². The fourth-order valence-corrected chi connectivity index (χ4v) is 2.21. The van der Waals surface area contributed by atoms with Gasteiger partial charge in [0.25, 0.3) is 0 Å². The highest BCUT2D eigenvalue weighted by atomic mass is 32.2. The fourth-order valence-electron chi connectivity index (χ4n) is 1.51. The highest BCUT2D eigenvalue weighted by Gasteiger charge is 2.13. The molecule has 0 fully saturated rings. The standard InChI is InChI=1S/C11H15NO5S/c1-12-18(13,14)6-2-5-15-9-3-4-10-11(7-9)17-8-16-10/h3-4,7,12H,2,5-6,8H2,1H3. The lowest BCUT2D eigenvalue weighted by molar-refractivity contribution is 0.173. The number of hydrogen-bond acceptors (Lipinski definition) is 5. The molecule has 0 aromatic heterocycles. The van der Waals surface area contributed by atoms with E-state index in [1.807, 2.05) is 0 Å². The van der Waals surface area contributed by atoms with E-state index in [2.05, 4.69) is 4.72 Å². The number of benzene rings is 1. The SMILES string of the molecule is CNS(=O)(=O)CCCOc1ccc2c(c1)OCO2. The quantitative estimate of drug-likeness (QED) is 0.774. The van der Waals surface area contributed by atoms with E-state index in [1.165, 1.54) is 7.05 Å². The third kappa shape index (κ3) is 3.27. The maximum Gasteiger partial charge on any atom is 0.231 e. The Morgan fingerprint density at radius 3 is 2.89 bits per heavy atom. The summed E-state index contributed by atoms with van der Waals surface area (Å²) in [6.45, 7) is 0.555. The Morgan fingerprint density at radius 2 is 2.11 bits per heavy atom. The third-order valence-electron chi connectivity index (χ3n) is 2.48. The van der Waals surface area contributed by atoms with Crippen molar-refractivity contribution in [3.63, 3.8) is 0 Å². The van der Waals surface area contributed by atoms with Crippen LogP contribution in [0.1, 0.15) is 6.42 Å². The number of ether oxygens (including phenoxy) is 3. The molecule has 0 atom stereocenters. The zero-order chi connectivity index (χ0) is 13.0. The summed E-state index contributed by atoms with van der Waals surface area (Å²) in [6.07, 6.45) is 0.428. The van der Waals surface area contributed by atoms with Gasteiger partial charge in [-0.1, -0.05) is 0 Å². The van der Waals surface area contributed by atoms with Crippen molar-refractivity contribution in [2.75, 3.05) is 26.2 Å². The van der Waals surface area contributed by atoms with Gasteiger partial charge in [-0.05, 0) is 25.6 Å². The first-order valence-electron chi connectivity index (χ1n) is 5.54. The van der Waals surface area contributed by atoms with Gasteiger partial charge in [-0.15, -0.1) is 0 Å². The van der Waals surface area contributed by atoms with Crippen LogP contribution in [0.4, 0.5) is 0 Å². The second-order valence-corrected chi connectivity index (χ2v) is 5.79. The molecule has 1 aliphatic rings. The smallest absolute Gasteiger partial charge is 0.231 e. The fraction of sp³-hybridized carbons (Fsp3) is 0.455. The van der Waals surface area contributed by atoms with Gasteiger partial charge in [0.1, 0.15) is 5.75 Å². The van der Waals surface area contributed by atoms with Crippen molar-refractivity contribution in [2.45, 2.75) is 6.42 Å². The maximum absolute atomic E-state index is 11.2. The summed E-state index contributed by atoms with van der Waals surface area (Å²) in [4.78, 5) is 0. The van der Waals surface area contributed by atoms with Crippen LogP contribution in [0.5, 0.6) is 17.2 Å². The molecular weight excluding hydrogens is 258 g/mol. The van der Waals surface area contributed by atoms with E-state index in [4.69, 9.17) is 14.2 Å². The van der Waals surface area contributed by atoms with Crippen molar-refractivity contribution in [1.29, 1.82) is 0 Å². The van der Waals surface area contributed by atoms with Crippen LogP contribution in [0.2, 0.25) is 0 Å². The van der Waals surface area contributed by atoms with Crippen LogP contribution in [0, 0.1) is 0 Å². The summed E-state index contributed by atoms with van der Waals surface area (Å²) < 4.78 is 40.4. The van der Waals surface area contributed by atoms with Gasteiger partial charge in [0.05, 0.1) is 12.4 Å². The molecule has 0 amide bonds. The first-order chi connectivity index (χ1) is 8.61. The van der Waals surface area contributed by atoms with Crippen molar-refractivity contribution in [3.8, 4) is 17.2 Å². The summed E-state index contributed by atoms with van der Waals surface area (Å²) in [7, 11) is -1.76. The molecule has 1 N–H and O–H groups in total. The molecule has 2 rings (SSSR count). The average molecular weight is 273 g/mol. The predicted molar refractivity (Wildman–Crippen MR) is 65.5 cm³/mol. The molecule has 7 heteroatoms. The third-order valence-corrected chi connectivity index (χ3v) is 3.93. The van der Waals surface area contributed by atoms with Crippen LogP contribution in [0.15, 0.2) is 18.2 Å². The second kappa shape index (κ2) is 5.45. The predicted octanol–water partition coefficient (Wildman–Crippen LogP) is 0.733. The summed E-state index contributed by atoms with van der Waals surface area (Å²) in [5.41, 5.74) is 0. The molecule has 0 saturated carbocycles. The number of fused-ring (bicyclic) bond motifs is 1. The first-order valence-corrected chi connectivity index (χ1v) is 7.19. The van der Waals surface area contributed by atoms with E-state index in [0.717, 1.165) is 0 Å². The van der Waals surface area contributed by atoms with Gasteiger partial charge < -0.3 is 14.2 Å². The summed E-state index contributed by atoms with van der Waals surface area (Å²) in [6, 6.07) is 5.26. The van der Waals surface area contributed by atoms with E-state index in [0.29, 0.717) is 30.3 Å². The number of sulfonamides is 1. The number of hydrogen-bond donors (Lipinski definition) is 1. The van der Waals surface area contributed by atoms with Crippen LogP contribution in [0.25, 0.3) is 0 Å². The minimum absolute atomic E-state index is 0.0497. The minimum Gasteiger partial charge on any atom is -0.493 e. The van der Waals surface area contributed by atoms with Crippen molar-refractivity contribution in [1.82, 2.24) is 4.72 Å². The van der Waals surface area contributed by atoms with E-state index in [-0.39, 0.29) is 12.5 Å². The molecule has 0 unspecified atom stereocenters. The molecular formula is C11H15NO5S. The lowest BCUT2D eigenvalue weighted by Gasteiger charge is -2.07. The Kier molecular flexibility index (Phi) is 3.93. The van der Waals surface area contributed by atoms with Crippen molar-refractivity contribution < 1.29 is 22.6 Å². The number of nitrogens with one attached hydrogen (secondary N) is 1. The minimum atomic E-state index is -3.16. The highest BCUT2D eigenvalue weighted by Crippen LogP contribution is 2.35. The summed E-state index contributed by atoms with van der Waals surface area (Å²) in [5.74, 6) is 2.03. The second-order valence-electron chi connectivity index (χ2n) is 3.74. The lowest BCUT2D eigenvalue weighted by Crippen LogP contribution is -2.23. The molecule has 0 saturated heterocycles. The van der Waals surface area contributed by atoms with E-state index < -0.39 is 10.0 Å². The van der Waals surface area contributed by atoms with E-state index in [1.54, 1.807) is 18.2 Å². The molecule has 1 aromatic rings. The van der Waals surface area contributed by atoms with Crippen LogP contribution in [0.3, 0.4) is 0 Å². The van der Waals surface area contributed by atoms with Crippen LogP contribution < -0.4 is 18.9 Å². The molecule has 18 heavy (non-hydrogen) atoms. The van der Waals surface area contributed by atoms with Gasteiger partial charge in [0.15, 0.2) is 11.5 Å². The van der Waals surface area contributed by atoms with E-state index in [9.17, 15) is 8.42 Å². The topological polar surface area (TPSA) is 73.9 Å². The van der Waals surface area contributed by atoms with Gasteiger partial charge >= 0.3 is 0 Å². The Bertz CT molecular complexity index is 514. The first kappa shape index (κ1) is 13.0. The largest absolute Gasteiger partial charge is 0.493 e. The van der Waals surface area contributed by atoms with Gasteiger partial charge in [0.2, 0.25) is 16.8 Å². The van der Waals surface area contributed by atoms with Crippen molar-refractivity contribution >= 4 is 10.0 Å². The normalized spacial score (nSPS) is 13.6. The zero-order valence-corrected chi connectivity index (χ0v) is 10.8. The molecule has 1 aromatic carbocycles. The maximum atomic E-state index is 11.2. The Labute approximate surface area is 106 Å². The van der Waals surface area contributed by atoms with Crippen LogP contribution in [-0.2, 0) is 10.0 Å². The Hall–Kier alpha value is -1.47. The Balaban J connectivity index is 1.81. The monoisotopic (exact) mass is 273 g/mol.